The molecule has 0 fully saturated rings. The molecule has 2 aromatic rings. The molecule has 31 heavy (non-hydrogen) atoms. The highest BCUT2D eigenvalue weighted by molar-refractivity contribution is 6.56. The van der Waals surface area contributed by atoms with Crippen LogP contribution in [-0.2, 0) is 20.7 Å². The van der Waals surface area contributed by atoms with Gasteiger partial charge >= 0.3 is 5.97 Å². The summed E-state index contributed by atoms with van der Waals surface area (Å²) >= 11 is 6.69. The van der Waals surface area contributed by atoms with Crippen molar-refractivity contribution in [3.63, 3.8) is 0 Å². The van der Waals surface area contributed by atoms with Crippen molar-refractivity contribution >= 4 is 34.5 Å². The van der Waals surface area contributed by atoms with Crippen LogP contribution < -0.4 is 18.9 Å². The predicted octanol–water partition coefficient (Wildman–Crippen LogP) is 4.13. The van der Waals surface area contributed by atoms with Crippen LogP contribution in [0.5, 0.6) is 23.0 Å². The zero-order valence-corrected chi connectivity index (χ0v) is 18.9. The van der Waals surface area contributed by atoms with Gasteiger partial charge in [-0.05, 0) is 42.3 Å². The number of hydrogen-bond donors (Lipinski definition) is 0. The Bertz CT molecular complexity index is 982. The highest BCUT2D eigenvalue weighted by Gasteiger charge is 2.20. The van der Waals surface area contributed by atoms with Crippen molar-refractivity contribution in [1.82, 2.24) is 0 Å². The van der Waals surface area contributed by atoms with Gasteiger partial charge in [-0.15, -0.1) is 0 Å². The normalized spacial score (nSPS) is 11.3. The molecule has 0 aliphatic heterocycles. The fraction of sp³-hybridized carbons (Fsp3) is 0.304. The molecule has 0 saturated heterocycles. The van der Waals surface area contributed by atoms with E-state index < -0.39 is 5.97 Å². The summed E-state index contributed by atoms with van der Waals surface area (Å²) in [6.45, 7) is 1.97. The van der Waals surface area contributed by atoms with Crippen LogP contribution in [0.15, 0.2) is 30.3 Å². The maximum Gasteiger partial charge on any atom is 0.310 e. The van der Waals surface area contributed by atoms with Gasteiger partial charge in [-0.2, -0.15) is 0 Å². The Morgan fingerprint density at radius 1 is 0.903 bits per heavy atom. The number of allylic oxidation sites excluding steroid dienone is 1. The van der Waals surface area contributed by atoms with Gasteiger partial charge in [-0.3, -0.25) is 9.59 Å². The maximum atomic E-state index is 12.2. The third kappa shape index (κ3) is 5.49. The average Bonchev–Trinajstić information content (AvgIpc) is 2.78. The molecule has 0 bridgehead atoms. The second-order valence-electron chi connectivity index (χ2n) is 6.26. The average molecular weight is 449 g/mol. The predicted molar refractivity (Wildman–Crippen MR) is 118 cm³/mol. The summed E-state index contributed by atoms with van der Waals surface area (Å²) < 4.78 is 26.4. The second-order valence-corrected chi connectivity index (χ2v) is 6.64. The number of hydrogen-bond acceptors (Lipinski definition) is 7. The van der Waals surface area contributed by atoms with E-state index in [0.29, 0.717) is 46.0 Å². The van der Waals surface area contributed by atoms with Crippen molar-refractivity contribution in [2.45, 2.75) is 13.3 Å². The first-order valence-electron chi connectivity index (χ1n) is 9.42. The Hall–Kier alpha value is -3.19. The minimum Gasteiger partial charge on any atom is -0.493 e. The van der Waals surface area contributed by atoms with E-state index in [-0.39, 0.29) is 23.6 Å². The van der Waals surface area contributed by atoms with Gasteiger partial charge in [0.15, 0.2) is 29.3 Å². The molecule has 166 valence electrons. The van der Waals surface area contributed by atoms with Gasteiger partial charge in [0.05, 0.1) is 46.5 Å². The van der Waals surface area contributed by atoms with Crippen molar-refractivity contribution in [3.05, 3.63) is 47.0 Å². The van der Waals surface area contributed by atoms with Crippen LogP contribution in [0.1, 0.15) is 23.6 Å². The van der Waals surface area contributed by atoms with Crippen LogP contribution in [0.4, 0.5) is 0 Å². The fourth-order valence-electron chi connectivity index (χ4n) is 3.03. The third-order valence-corrected chi connectivity index (χ3v) is 4.94. The van der Waals surface area contributed by atoms with E-state index in [4.69, 9.17) is 35.3 Å². The Morgan fingerprint density at radius 2 is 1.48 bits per heavy atom. The van der Waals surface area contributed by atoms with E-state index in [1.165, 1.54) is 28.4 Å². The molecule has 0 N–H and O–H groups in total. The third-order valence-electron chi connectivity index (χ3n) is 4.53. The molecule has 0 spiro atoms. The lowest BCUT2D eigenvalue weighted by molar-refractivity contribution is -0.142. The summed E-state index contributed by atoms with van der Waals surface area (Å²) in [6, 6.07) is 8.29. The number of esters is 1. The van der Waals surface area contributed by atoms with Crippen LogP contribution in [0.25, 0.3) is 10.6 Å². The molecule has 0 aromatic heterocycles. The van der Waals surface area contributed by atoms with Gasteiger partial charge in [-0.25, -0.2) is 0 Å². The summed E-state index contributed by atoms with van der Waals surface area (Å²) in [5.41, 5.74) is 1.71. The van der Waals surface area contributed by atoms with E-state index in [1.807, 2.05) is 0 Å². The SMILES string of the molecule is CCOC(=O)Cc1cc(OC)c(OC)cc1/C(Cl)=C(/C=O)c1ccc(OC)c(OC)c1. The first-order chi connectivity index (χ1) is 14.9. The summed E-state index contributed by atoms with van der Waals surface area (Å²) in [5.74, 6) is 1.36. The molecule has 0 atom stereocenters. The van der Waals surface area contributed by atoms with Crippen LogP contribution in [0.3, 0.4) is 0 Å². The highest BCUT2D eigenvalue weighted by Crippen LogP contribution is 2.39. The lowest BCUT2D eigenvalue weighted by atomic mass is 9.97. The smallest absolute Gasteiger partial charge is 0.310 e. The van der Waals surface area contributed by atoms with E-state index in [1.54, 1.807) is 37.3 Å². The molecule has 0 radical (unpaired) electrons. The van der Waals surface area contributed by atoms with Crippen molar-refractivity contribution < 1.29 is 33.3 Å². The summed E-state index contributed by atoms with van der Waals surface area (Å²) in [4.78, 5) is 24.2. The van der Waals surface area contributed by atoms with E-state index >= 15 is 0 Å². The van der Waals surface area contributed by atoms with E-state index in [2.05, 4.69) is 0 Å². The number of benzene rings is 2. The lowest BCUT2D eigenvalue weighted by Gasteiger charge is -2.16. The Balaban J connectivity index is 2.70. The number of aldehydes is 1. The molecule has 0 aliphatic carbocycles. The Morgan fingerprint density at radius 3 is 2.03 bits per heavy atom. The number of methoxy groups -OCH3 is 4. The first-order valence-corrected chi connectivity index (χ1v) is 9.79. The number of rotatable bonds is 10. The summed E-state index contributed by atoms with van der Waals surface area (Å²) in [5, 5.41) is 0.141. The summed E-state index contributed by atoms with van der Waals surface area (Å²) in [6.07, 6.45) is 0.590. The van der Waals surface area contributed by atoms with Crippen LogP contribution in [0, 0.1) is 0 Å². The number of ether oxygens (including phenoxy) is 5. The van der Waals surface area contributed by atoms with Crippen LogP contribution in [0.2, 0.25) is 0 Å². The highest BCUT2D eigenvalue weighted by atomic mass is 35.5. The van der Waals surface area contributed by atoms with Gasteiger partial charge in [0.2, 0.25) is 0 Å². The van der Waals surface area contributed by atoms with Crippen molar-refractivity contribution in [1.29, 1.82) is 0 Å². The zero-order chi connectivity index (χ0) is 23.0. The molecule has 2 aromatic carbocycles. The first kappa shape index (κ1) is 24.1. The molecule has 2 rings (SSSR count). The van der Waals surface area contributed by atoms with Crippen LogP contribution in [-0.4, -0.2) is 47.3 Å². The second kappa shape index (κ2) is 11.3. The largest absolute Gasteiger partial charge is 0.493 e. The minimum absolute atomic E-state index is 0.0577. The van der Waals surface area contributed by atoms with Crippen molar-refractivity contribution in [2.24, 2.45) is 0 Å². The number of halogens is 1. The summed E-state index contributed by atoms with van der Waals surface area (Å²) in [7, 11) is 5.99. The zero-order valence-electron chi connectivity index (χ0n) is 18.1. The minimum atomic E-state index is -0.431. The monoisotopic (exact) mass is 448 g/mol. The number of carbonyl (C=O) groups excluding carboxylic acids is 2. The molecule has 0 heterocycles. The topological polar surface area (TPSA) is 80.3 Å². The van der Waals surface area contributed by atoms with E-state index in [9.17, 15) is 9.59 Å². The fourth-order valence-corrected chi connectivity index (χ4v) is 3.36. The number of carbonyl (C=O) groups is 2. The van der Waals surface area contributed by atoms with Gasteiger partial charge < -0.3 is 23.7 Å². The van der Waals surface area contributed by atoms with Gasteiger partial charge in [0, 0.05) is 11.1 Å². The van der Waals surface area contributed by atoms with Crippen molar-refractivity contribution in [2.75, 3.05) is 35.0 Å². The van der Waals surface area contributed by atoms with Gasteiger partial charge in [0.25, 0.3) is 0 Å². The van der Waals surface area contributed by atoms with E-state index in [0.717, 1.165) is 0 Å². The molecular formula is C23H25ClO7. The molecule has 0 aliphatic rings. The molecule has 0 amide bonds. The van der Waals surface area contributed by atoms with Crippen LogP contribution >= 0.6 is 11.6 Å². The molecule has 0 saturated carbocycles. The molecule has 0 unspecified atom stereocenters. The molecule has 8 heteroatoms. The lowest BCUT2D eigenvalue weighted by Crippen LogP contribution is -2.10. The van der Waals surface area contributed by atoms with Crippen molar-refractivity contribution in [3.8, 4) is 23.0 Å². The Labute approximate surface area is 186 Å². The maximum absolute atomic E-state index is 12.2. The van der Waals surface area contributed by atoms with Gasteiger partial charge in [0.1, 0.15) is 0 Å². The quantitative estimate of drug-likeness (QED) is 0.234. The Kier molecular flexibility index (Phi) is 8.75. The molecular weight excluding hydrogens is 424 g/mol. The standard InChI is InChI=1S/C23H25ClO7/c1-6-31-22(26)11-15-10-20(29-4)21(30-5)12-16(15)23(24)17(13-25)14-7-8-18(27-2)19(9-14)28-3/h7-10,12-13H,6,11H2,1-5H3/b23-17+. The van der Waals surface area contributed by atoms with Gasteiger partial charge in [-0.1, -0.05) is 17.7 Å². The molecule has 7 nitrogen and oxygen atoms in total.